The molecule has 2 aliphatic rings. The number of fused-ring (bicyclic) bond motifs is 1. The maximum atomic E-state index is 12.8. The van der Waals surface area contributed by atoms with Crippen LogP contribution in [0.4, 0.5) is 0 Å². The summed E-state index contributed by atoms with van der Waals surface area (Å²) in [4.78, 5) is 33.1. The van der Waals surface area contributed by atoms with Crippen molar-refractivity contribution in [3.8, 4) is 5.69 Å². The summed E-state index contributed by atoms with van der Waals surface area (Å²) in [7, 11) is 0. The van der Waals surface area contributed by atoms with Crippen molar-refractivity contribution in [2.75, 3.05) is 0 Å². The number of esters is 1. The zero-order valence-electron chi connectivity index (χ0n) is 13.5. The molecule has 0 amide bonds. The maximum Gasteiger partial charge on any atom is 0.306 e. The van der Waals surface area contributed by atoms with E-state index >= 15 is 0 Å². The minimum Gasteiger partial charge on any atom is -0.460 e. The summed E-state index contributed by atoms with van der Waals surface area (Å²) >= 11 is 0. The molecule has 0 radical (unpaired) electrons. The number of benzene rings is 1. The molecule has 7 nitrogen and oxygen atoms in total. The molecule has 126 valence electrons. The Kier molecular flexibility index (Phi) is 2.89. The summed E-state index contributed by atoms with van der Waals surface area (Å²) in [6.07, 6.45) is 5.32. The average molecular weight is 336 g/mol. The zero-order valence-corrected chi connectivity index (χ0v) is 13.5. The summed E-state index contributed by atoms with van der Waals surface area (Å²) in [5, 5.41) is 0. The Labute approximate surface area is 142 Å². The first kappa shape index (κ1) is 14.4. The zero-order chi connectivity index (χ0) is 17.0. The van der Waals surface area contributed by atoms with Crippen molar-refractivity contribution < 1.29 is 9.53 Å². The van der Waals surface area contributed by atoms with Gasteiger partial charge in [0.15, 0.2) is 11.2 Å². The van der Waals surface area contributed by atoms with Gasteiger partial charge in [-0.25, -0.2) is 9.97 Å². The summed E-state index contributed by atoms with van der Waals surface area (Å²) in [6, 6.07) is 9.64. The topological polar surface area (TPSA) is 79.0 Å². The maximum absolute atomic E-state index is 12.8. The van der Waals surface area contributed by atoms with Crippen LogP contribution in [0.1, 0.15) is 19.3 Å². The summed E-state index contributed by atoms with van der Waals surface area (Å²) in [5.41, 5.74) is 1.47. The lowest BCUT2D eigenvalue weighted by atomic mass is 9.98. The van der Waals surface area contributed by atoms with E-state index in [1.54, 1.807) is 10.9 Å². The van der Waals surface area contributed by atoms with E-state index in [2.05, 4.69) is 9.97 Å². The van der Waals surface area contributed by atoms with Gasteiger partial charge in [0.1, 0.15) is 18.8 Å². The third-order valence-electron chi connectivity index (χ3n) is 5.27. The molecule has 1 saturated carbocycles. The summed E-state index contributed by atoms with van der Waals surface area (Å²) in [5.74, 6) is -0.169. The molecule has 2 aromatic heterocycles. The van der Waals surface area contributed by atoms with Gasteiger partial charge in [0.2, 0.25) is 0 Å². The Bertz CT molecular complexity index is 1030. The molecule has 3 heterocycles. The number of para-hydroxylation sites is 1. The number of cyclic esters (lactones) is 1. The SMILES string of the molecule is O=C1CC2(CC2)C(Cn2cnc3c(ncn3-c3ccccc3)c2=O)O1. The van der Waals surface area contributed by atoms with Crippen LogP contribution in [0.5, 0.6) is 0 Å². The van der Waals surface area contributed by atoms with Crippen LogP contribution in [0.15, 0.2) is 47.8 Å². The Morgan fingerprint density at radius 2 is 1.92 bits per heavy atom. The monoisotopic (exact) mass is 336 g/mol. The molecule has 1 aliphatic heterocycles. The molecule has 7 heteroatoms. The van der Waals surface area contributed by atoms with E-state index in [0.29, 0.717) is 24.1 Å². The predicted octanol–water partition coefficient (Wildman–Crippen LogP) is 1.68. The number of ether oxygens (including phenoxy) is 1. The van der Waals surface area contributed by atoms with Crippen LogP contribution >= 0.6 is 0 Å². The van der Waals surface area contributed by atoms with Gasteiger partial charge in [0.05, 0.1) is 13.0 Å². The number of imidazole rings is 1. The fourth-order valence-electron chi connectivity index (χ4n) is 3.63. The number of carbonyl (C=O) groups is 1. The van der Waals surface area contributed by atoms with Gasteiger partial charge in [-0.3, -0.25) is 18.7 Å². The van der Waals surface area contributed by atoms with E-state index < -0.39 is 0 Å². The summed E-state index contributed by atoms with van der Waals surface area (Å²) < 4.78 is 8.73. The lowest BCUT2D eigenvalue weighted by Crippen LogP contribution is -2.31. The van der Waals surface area contributed by atoms with Crippen LogP contribution in [-0.4, -0.2) is 31.2 Å². The van der Waals surface area contributed by atoms with Crippen molar-refractivity contribution in [2.24, 2.45) is 5.41 Å². The Hall–Kier alpha value is -2.96. The predicted molar refractivity (Wildman–Crippen MR) is 89.3 cm³/mol. The van der Waals surface area contributed by atoms with Crippen LogP contribution in [0.2, 0.25) is 0 Å². The van der Waals surface area contributed by atoms with Crippen LogP contribution < -0.4 is 5.56 Å². The summed E-state index contributed by atoms with van der Waals surface area (Å²) in [6.45, 7) is 0.339. The second-order valence-electron chi connectivity index (χ2n) is 6.84. The van der Waals surface area contributed by atoms with Crippen LogP contribution in [0.3, 0.4) is 0 Å². The number of nitrogens with zero attached hydrogens (tertiary/aromatic N) is 4. The fraction of sp³-hybridized carbons (Fsp3) is 0.333. The van der Waals surface area contributed by atoms with E-state index in [4.69, 9.17) is 4.74 Å². The lowest BCUT2D eigenvalue weighted by molar-refractivity contribution is -0.142. The Balaban J connectivity index is 1.53. The molecule has 1 unspecified atom stereocenters. The standard InChI is InChI=1S/C18H16N4O3/c23-14-8-18(6-7-18)13(25-14)9-21-10-20-16-15(17(21)24)19-11-22(16)12-4-2-1-3-5-12/h1-5,10-11,13H,6-9H2. The van der Waals surface area contributed by atoms with Gasteiger partial charge < -0.3 is 4.74 Å². The molecular weight excluding hydrogens is 320 g/mol. The molecular formula is C18H16N4O3. The fourth-order valence-corrected chi connectivity index (χ4v) is 3.63. The highest BCUT2D eigenvalue weighted by atomic mass is 16.6. The lowest BCUT2D eigenvalue weighted by Gasteiger charge is -2.17. The molecule has 1 spiro atoms. The van der Waals surface area contributed by atoms with Crippen LogP contribution in [-0.2, 0) is 16.1 Å². The molecule has 1 aliphatic carbocycles. The van der Waals surface area contributed by atoms with Gasteiger partial charge in [-0.15, -0.1) is 0 Å². The molecule has 1 saturated heterocycles. The largest absolute Gasteiger partial charge is 0.460 e. The smallest absolute Gasteiger partial charge is 0.306 e. The van der Waals surface area contributed by atoms with Crippen molar-refractivity contribution in [3.63, 3.8) is 0 Å². The van der Waals surface area contributed by atoms with E-state index in [1.165, 1.54) is 10.9 Å². The van der Waals surface area contributed by atoms with Gasteiger partial charge in [-0.05, 0) is 25.0 Å². The molecule has 3 aromatic rings. The molecule has 5 rings (SSSR count). The number of rotatable bonds is 3. The number of hydrogen-bond acceptors (Lipinski definition) is 5. The van der Waals surface area contributed by atoms with Gasteiger partial charge in [0.25, 0.3) is 5.56 Å². The van der Waals surface area contributed by atoms with Crippen molar-refractivity contribution in [3.05, 3.63) is 53.3 Å². The normalized spacial score (nSPS) is 21.0. The van der Waals surface area contributed by atoms with Crippen molar-refractivity contribution in [1.29, 1.82) is 0 Å². The van der Waals surface area contributed by atoms with Crippen molar-refractivity contribution in [2.45, 2.75) is 31.9 Å². The van der Waals surface area contributed by atoms with E-state index in [-0.39, 0.29) is 23.0 Å². The number of carbonyl (C=O) groups excluding carboxylic acids is 1. The van der Waals surface area contributed by atoms with Crippen molar-refractivity contribution >= 4 is 17.1 Å². The second kappa shape index (κ2) is 5.02. The molecule has 2 fully saturated rings. The first-order chi connectivity index (χ1) is 12.2. The van der Waals surface area contributed by atoms with Gasteiger partial charge in [0, 0.05) is 11.1 Å². The molecule has 25 heavy (non-hydrogen) atoms. The van der Waals surface area contributed by atoms with E-state index in [9.17, 15) is 9.59 Å². The number of aromatic nitrogens is 4. The highest BCUT2D eigenvalue weighted by Crippen LogP contribution is 2.56. The third kappa shape index (κ3) is 2.19. The highest BCUT2D eigenvalue weighted by Gasteiger charge is 2.57. The Morgan fingerprint density at radius 1 is 1.12 bits per heavy atom. The molecule has 1 atom stereocenters. The highest BCUT2D eigenvalue weighted by molar-refractivity contribution is 5.74. The minimum absolute atomic E-state index is 0.0606. The van der Waals surface area contributed by atoms with Gasteiger partial charge in [-0.1, -0.05) is 18.2 Å². The number of hydrogen-bond donors (Lipinski definition) is 0. The quantitative estimate of drug-likeness (QED) is 0.680. The van der Waals surface area contributed by atoms with Crippen LogP contribution in [0.25, 0.3) is 16.9 Å². The molecule has 0 bridgehead atoms. The van der Waals surface area contributed by atoms with Crippen LogP contribution in [0, 0.1) is 5.41 Å². The first-order valence-corrected chi connectivity index (χ1v) is 8.34. The minimum atomic E-state index is -0.242. The third-order valence-corrected chi connectivity index (χ3v) is 5.27. The molecule has 1 aromatic carbocycles. The first-order valence-electron chi connectivity index (χ1n) is 8.34. The van der Waals surface area contributed by atoms with Gasteiger partial charge in [-0.2, -0.15) is 0 Å². The Morgan fingerprint density at radius 3 is 2.68 bits per heavy atom. The average Bonchev–Trinajstić information content (AvgIpc) is 3.14. The van der Waals surface area contributed by atoms with Gasteiger partial charge >= 0.3 is 5.97 Å². The molecule has 0 N–H and O–H groups in total. The van der Waals surface area contributed by atoms with Crippen molar-refractivity contribution in [1.82, 2.24) is 19.1 Å². The second-order valence-corrected chi connectivity index (χ2v) is 6.84. The van der Waals surface area contributed by atoms with E-state index in [1.807, 2.05) is 30.3 Å². The van der Waals surface area contributed by atoms with E-state index in [0.717, 1.165) is 18.5 Å².